The van der Waals surface area contributed by atoms with Crippen molar-refractivity contribution in [2.75, 3.05) is 24.8 Å². The molecule has 1 rings (SSSR count). The number of nitro groups is 1. The number of hydrogen-bond acceptors (Lipinski definition) is 4. The van der Waals surface area contributed by atoms with E-state index in [1.807, 2.05) is 0 Å². The lowest BCUT2D eigenvalue weighted by Gasteiger charge is -2.27. The summed E-state index contributed by atoms with van der Waals surface area (Å²) in [5, 5.41) is 11.1. The van der Waals surface area contributed by atoms with E-state index in [1.54, 1.807) is 18.2 Å². The summed E-state index contributed by atoms with van der Waals surface area (Å²) in [4.78, 5) is 10.5. The molecule has 10 heteroatoms. The van der Waals surface area contributed by atoms with E-state index in [4.69, 9.17) is 33.2 Å². The van der Waals surface area contributed by atoms with E-state index in [0.717, 1.165) is 0 Å². The van der Waals surface area contributed by atoms with Gasteiger partial charge in [0.05, 0.1) is 10.5 Å². The molecule has 2 atom stereocenters. The van der Waals surface area contributed by atoms with Crippen LogP contribution in [0, 0.1) is 10.1 Å². The first kappa shape index (κ1) is 18.4. The molecule has 0 aliphatic heterocycles. The fourth-order valence-corrected chi connectivity index (χ4v) is 3.65. The molecule has 0 spiro atoms. The predicted molar refractivity (Wildman–Crippen MR) is 82.1 cm³/mol. The second kappa shape index (κ2) is 8.68. The lowest BCUT2D eigenvalue weighted by atomic mass is 10.2. The van der Waals surface area contributed by atoms with Crippen molar-refractivity contribution in [1.29, 1.82) is 0 Å². The summed E-state index contributed by atoms with van der Waals surface area (Å²) in [6.07, 6.45) is -1.62. The Morgan fingerprint density at radius 2 is 1.81 bits per heavy atom. The molecule has 0 saturated carbocycles. The molecule has 0 aliphatic rings. The summed E-state index contributed by atoms with van der Waals surface area (Å²) in [7, 11) is -3.89. The van der Waals surface area contributed by atoms with E-state index >= 15 is 0 Å². The summed E-state index contributed by atoms with van der Waals surface area (Å²) < 4.78 is 18.8. The third-order valence-electron chi connectivity index (χ3n) is 2.61. The Bertz CT molecular complexity index is 500. The van der Waals surface area contributed by atoms with E-state index in [2.05, 4.69) is 0 Å². The van der Waals surface area contributed by atoms with Crippen molar-refractivity contribution in [2.45, 2.75) is 6.23 Å². The Morgan fingerprint density at radius 3 is 2.24 bits per heavy atom. The molecule has 0 aliphatic carbocycles. The molecular formula is C11H16Cl2N3O4P. The first-order chi connectivity index (χ1) is 9.92. The van der Waals surface area contributed by atoms with E-state index in [9.17, 15) is 14.7 Å². The van der Waals surface area contributed by atoms with Gasteiger partial charge < -0.3 is 0 Å². The summed E-state index contributed by atoms with van der Waals surface area (Å²) >= 11 is 11.2. The lowest BCUT2D eigenvalue weighted by Crippen LogP contribution is -2.31. The number of rotatable bonds is 9. The van der Waals surface area contributed by atoms with Crippen LogP contribution in [0.25, 0.3) is 0 Å². The van der Waals surface area contributed by atoms with Crippen LogP contribution in [0.4, 0.5) is 0 Å². The molecule has 0 saturated heterocycles. The SMILES string of the molecule is NP(=O)(OC(c1ccccc1)[N+](=O)[O-])N(CCCl)CCCl. The third-order valence-corrected chi connectivity index (χ3v) is 4.63. The summed E-state index contributed by atoms with van der Waals surface area (Å²) in [6.45, 7) is 0.308. The Morgan fingerprint density at radius 1 is 1.29 bits per heavy atom. The zero-order valence-electron chi connectivity index (χ0n) is 11.1. The molecule has 0 fully saturated rings. The number of nitrogens with zero attached hydrogens (tertiary/aromatic N) is 2. The van der Waals surface area contributed by atoms with E-state index in [1.165, 1.54) is 16.8 Å². The molecule has 0 aromatic heterocycles. The highest BCUT2D eigenvalue weighted by atomic mass is 35.5. The summed E-state index contributed by atoms with van der Waals surface area (Å²) in [5.41, 5.74) is 5.90. The third kappa shape index (κ3) is 5.54. The number of hydrogen-bond donors (Lipinski definition) is 1. The van der Waals surface area contributed by atoms with Crippen LogP contribution in [0.3, 0.4) is 0 Å². The molecule has 21 heavy (non-hydrogen) atoms. The van der Waals surface area contributed by atoms with Crippen molar-refractivity contribution >= 4 is 30.9 Å². The minimum Gasteiger partial charge on any atom is -0.261 e. The minimum absolute atomic E-state index is 0.149. The first-order valence-electron chi connectivity index (χ1n) is 6.05. The fourth-order valence-electron chi connectivity index (χ4n) is 1.63. The summed E-state index contributed by atoms with van der Waals surface area (Å²) in [6, 6.07) is 7.94. The topological polar surface area (TPSA) is 98.7 Å². The van der Waals surface area contributed by atoms with Crippen LogP contribution >= 0.6 is 30.9 Å². The molecule has 1 aromatic carbocycles. The Hall–Kier alpha value is -0.690. The quantitative estimate of drug-likeness (QED) is 0.240. The van der Waals surface area contributed by atoms with Gasteiger partial charge in [0.15, 0.2) is 0 Å². The molecule has 0 radical (unpaired) electrons. The number of halogens is 2. The van der Waals surface area contributed by atoms with Gasteiger partial charge in [-0.1, -0.05) is 18.2 Å². The van der Waals surface area contributed by atoms with Gasteiger partial charge in [0.25, 0.3) is 0 Å². The maximum atomic E-state index is 12.4. The van der Waals surface area contributed by atoms with Gasteiger partial charge in [-0.25, -0.2) is 14.7 Å². The fraction of sp³-hybridized carbons (Fsp3) is 0.455. The summed E-state index contributed by atoms with van der Waals surface area (Å²) in [5.74, 6) is 0.297. The molecule has 2 unspecified atom stereocenters. The molecule has 0 heterocycles. The average Bonchev–Trinajstić information content (AvgIpc) is 2.45. The Kier molecular flexibility index (Phi) is 7.59. The molecular weight excluding hydrogens is 340 g/mol. The molecule has 7 nitrogen and oxygen atoms in total. The monoisotopic (exact) mass is 355 g/mol. The van der Waals surface area contributed by atoms with E-state index in [0.29, 0.717) is 0 Å². The number of benzene rings is 1. The minimum atomic E-state index is -3.89. The van der Waals surface area contributed by atoms with Gasteiger partial charge in [-0.05, 0) is 12.1 Å². The highest BCUT2D eigenvalue weighted by molar-refractivity contribution is 7.53. The number of alkyl halides is 2. The molecule has 0 bridgehead atoms. The maximum Gasteiger partial charge on any atom is 0.349 e. The van der Waals surface area contributed by atoms with Gasteiger partial charge in [-0.15, -0.1) is 23.2 Å². The normalized spacial score (nSPS) is 15.6. The van der Waals surface area contributed by atoms with E-state index in [-0.39, 0.29) is 30.4 Å². The van der Waals surface area contributed by atoms with Crippen LogP contribution < -0.4 is 5.50 Å². The Labute approximate surface area is 132 Å². The molecule has 0 amide bonds. The largest absolute Gasteiger partial charge is 0.349 e. The molecule has 1 aromatic rings. The van der Waals surface area contributed by atoms with Crippen molar-refractivity contribution in [3.63, 3.8) is 0 Å². The van der Waals surface area contributed by atoms with Crippen molar-refractivity contribution in [3.8, 4) is 0 Å². The van der Waals surface area contributed by atoms with Crippen LogP contribution in [-0.2, 0) is 9.09 Å². The highest BCUT2D eigenvalue weighted by Gasteiger charge is 2.36. The van der Waals surface area contributed by atoms with Crippen molar-refractivity contribution < 1.29 is 14.0 Å². The van der Waals surface area contributed by atoms with Crippen LogP contribution in [0.5, 0.6) is 0 Å². The number of nitrogens with two attached hydrogens (primary N) is 1. The van der Waals surface area contributed by atoms with Crippen molar-refractivity contribution in [2.24, 2.45) is 5.50 Å². The van der Waals surface area contributed by atoms with Crippen LogP contribution in [-0.4, -0.2) is 34.4 Å². The zero-order valence-corrected chi connectivity index (χ0v) is 13.5. The second-order valence-electron chi connectivity index (χ2n) is 4.05. The van der Waals surface area contributed by atoms with Gasteiger partial charge in [0, 0.05) is 24.8 Å². The predicted octanol–water partition coefficient (Wildman–Crippen LogP) is 2.82. The van der Waals surface area contributed by atoms with Crippen molar-refractivity contribution in [3.05, 3.63) is 46.0 Å². The van der Waals surface area contributed by atoms with Crippen LogP contribution in [0.1, 0.15) is 11.8 Å². The van der Waals surface area contributed by atoms with Crippen molar-refractivity contribution in [1.82, 2.24) is 4.67 Å². The zero-order chi connectivity index (χ0) is 15.9. The van der Waals surface area contributed by atoms with Gasteiger partial charge in [0.2, 0.25) is 0 Å². The van der Waals surface area contributed by atoms with Crippen LogP contribution in [0.15, 0.2) is 30.3 Å². The van der Waals surface area contributed by atoms with E-state index < -0.39 is 18.8 Å². The smallest absolute Gasteiger partial charge is 0.261 e. The maximum absolute atomic E-state index is 12.4. The van der Waals surface area contributed by atoms with Crippen LogP contribution in [0.2, 0.25) is 0 Å². The standard InChI is InChI=1S/C11H16Cl2N3O4P/c12-6-8-15(9-7-13)21(14,19)20-11(16(17)18)10-4-2-1-3-5-10/h1-5,11H,6-9H2,(H2,14,19). The lowest BCUT2D eigenvalue weighted by molar-refractivity contribution is -0.571. The van der Waals surface area contributed by atoms with Gasteiger partial charge in [0.1, 0.15) is 0 Å². The molecule has 2 N–H and O–H groups in total. The van der Waals surface area contributed by atoms with Gasteiger partial charge in [-0.3, -0.25) is 14.7 Å². The average molecular weight is 356 g/mol. The second-order valence-corrected chi connectivity index (χ2v) is 6.71. The molecule has 118 valence electrons. The Balaban J connectivity index is 2.96. The first-order valence-corrected chi connectivity index (χ1v) is 8.76. The highest BCUT2D eigenvalue weighted by Crippen LogP contribution is 2.47. The van der Waals surface area contributed by atoms with Gasteiger partial charge >= 0.3 is 13.9 Å². The van der Waals surface area contributed by atoms with Gasteiger partial charge in [-0.2, -0.15) is 0 Å².